The number of benzene rings is 2. The molecule has 1 fully saturated rings. The first-order valence-corrected chi connectivity index (χ1v) is 8.96. The molecule has 0 N–H and O–H groups in total. The van der Waals surface area contributed by atoms with Crippen LogP contribution in [-0.2, 0) is 29.3 Å². The lowest BCUT2D eigenvalue weighted by molar-refractivity contribution is -0.761. The molecule has 0 aromatic heterocycles. The molecule has 3 rings (SSSR count). The second-order valence-electron chi connectivity index (χ2n) is 7.14. The van der Waals surface area contributed by atoms with Gasteiger partial charge in [-0.1, -0.05) is 18.2 Å². The summed E-state index contributed by atoms with van der Waals surface area (Å²) in [7, 11) is 2.87. The molecule has 2 aromatic carbocycles. The van der Waals surface area contributed by atoms with E-state index in [1.54, 1.807) is 20.1 Å². The van der Waals surface area contributed by atoms with Crippen LogP contribution in [0.1, 0.15) is 12.5 Å². The van der Waals surface area contributed by atoms with Crippen molar-refractivity contribution < 1.29 is 33.7 Å². The monoisotopic (exact) mass is 405 g/mol. The molecule has 1 atom stereocenters. The highest BCUT2D eigenvalue weighted by Crippen LogP contribution is 2.46. The van der Waals surface area contributed by atoms with Crippen molar-refractivity contribution in [3.63, 3.8) is 0 Å². The van der Waals surface area contributed by atoms with Crippen LogP contribution in [0.5, 0.6) is 5.75 Å². The van der Waals surface area contributed by atoms with Gasteiger partial charge in [0.05, 0.1) is 32.8 Å². The fraction of sp³-hybridized carbons (Fsp3) is 0.450. The van der Waals surface area contributed by atoms with Gasteiger partial charge in [0, 0.05) is 0 Å². The van der Waals surface area contributed by atoms with Gasteiger partial charge in [-0.2, -0.15) is 0 Å². The smallest absolute Gasteiger partial charge is 0.316 e. The molecule has 1 aliphatic rings. The molecule has 29 heavy (non-hydrogen) atoms. The minimum atomic E-state index is -1.33. The Balaban J connectivity index is 2.15. The third-order valence-corrected chi connectivity index (χ3v) is 5.65. The van der Waals surface area contributed by atoms with E-state index >= 15 is 0 Å². The molecule has 0 saturated carbocycles. The summed E-state index contributed by atoms with van der Waals surface area (Å²) in [5.41, 5.74) is -1.87. The van der Waals surface area contributed by atoms with Crippen molar-refractivity contribution in [2.45, 2.75) is 12.3 Å². The van der Waals surface area contributed by atoms with E-state index in [0.29, 0.717) is 11.3 Å². The SMILES string of the molecule is COC(=O)[C@@](C)(c1ccc2cc(OC)ccc2c1)C1(CO[N+](=O)[O-])COCOC1. The molecule has 0 amide bonds. The van der Waals surface area contributed by atoms with Crippen LogP contribution in [0, 0.1) is 15.5 Å². The number of nitrogens with zero attached hydrogens (tertiary/aromatic N) is 1. The van der Waals surface area contributed by atoms with Gasteiger partial charge in [0.15, 0.2) is 0 Å². The maximum Gasteiger partial charge on any atom is 0.316 e. The molecule has 0 bridgehead atoms. The number of carbonyl (C=O) groups excluding carboxylic acids is 1. The van der Waals surface area contributed by atoms with Crippen LogP contribution in [-0.4, -0.2) is 51.9 Å². The van der Waals surface area contributed by atoms with Gasteiger partial charge in [-0.25, -0.2) is 0 Å². The first-order valence-electron chi connectivity index (χ1n) is 8.96. The maximum absolute atomic E-state index is 13.0. The summed E-state index contributed by atoms with van der Waals surface area (Å²) in [4.78, 5) is 28.6. The molecular weight excluding hydrogens is 382 g/mol. The Hall–Kier alpha value is -2.91. The largest absolute Gasteiger partial charge is 0.497 e. The van der Waals surface area contributed by atoms with Gasteiger partial charge < -0.3 is 23.8 Å². The Bertz CT molecular complexity index is 908. The molecule has 9 heteroatoms. The van der Waals surface area contributed by atoms with E-state index in [0.717, 1.165) is 10.8 Å². The highest BCUT2D eigenvalue weighted by atomic mass is 17.0. The minimum Gasteiger partial charge on any atom is -0.497 e. The topological polar surface area (TPSA) is 106 Å². The van der Waals surface area contributed by atoms with E-state index in [9.17, 15) is 14.9 Å². The standard InChI is InChI=1S/C20H23NO8/c1-19(18(22)26-3,20(12-29-21(23)24)10-27-13-28-11-20)16-6-4-15-9-17(25-2)7-5-14(15)8-16/h4-9H,10-13H2,1-3H3/t19-/m1/s1. The molecule has 0 radical (unpaired) electrons. The highest BCUT2D eigenvalue weighted by molar-refractivity contribution is 5.89. The predicted molar refractivity (Wildman–Crippen MR) is 102 cm³/mol. The Morgan fingerprint density at radius 2 is 1.83 bits per heavy atom. The third kappa shape index (κ3) is 3.70. The fourth-order valence-corrected chi connectivity index (χ4v) is 3.77. The van der Waals surface area contributed by atoms with Crippen LogP contribution < -0.4 is 4.74 Å². The minimum absolute atomic E-state index is 0.0348. The van der Waals surface area contributed by atoms with Gasteiger partial charge in [0.1, 0.15) is 24.6 Å². The quantitative estimate of drug-likeness (QED) is 0.393. The number of hydrogen-bond donors (Lipinski definition) is 0. The molecule has 1 saturated heterocycles. The lowest BCUT2D eigenvalue weighted by Crippen LogP contribution is -2.59. The van der Waals surface area contributed by atoms with Gasteiger partial charge in [0.25, 0.3) is 5.09 Å². The van der Waals surface area contributed by atoms with E-state index in [1.165, 1.54) is 7.11 Å². The van der Waals surface area contributed by atoms with Gasteiger partial charge >= 0.3 is 5.97 Å². The summed E-state index contributed by atoms with van der Waals surface area (Å²) >= 11 is 0. The van der Waals surface area contributed by atoms with E-state index in [2.05, 4.69) is 0 Å². The molecule has 156 valence electrons. The molecule has 9 nitrogen and oxygen atoms in total. The van der Waals surface area contributed by atoms with Gasteiger partial charge in [-0.05, 0) is 41.5 Å². The summed E-state index contributed by atoms with van der Waals surface area (Å²) in [6, 6.07) is 11.1. The molecule has 1 aliphatic heterocycles. The highest BCUT2D eigenvalue weighted by Gasteiger charge is 2.57. The van der Waals surface area contributed by atoms with Crippen molar-refractivity contribution >= 4 is 16.7 Å². The zero-order chi connectivity index (χ0) is 21.1. The Morgan fingerprint density at radius 3 is 2.45 bits per heavy atom. The van der Waals surface area contributed by atoms with Gasteiger partial charge in [0.2, 0.25) is 0 Å². The molecule has 0 unspecified atom stereocenters. The van der Waals surface area contributed by atoms with E-state index < -0.39 is 21.9 Å². The number of carbonyl (C=O) groups is 1. The molecule has 0 spiro atoms. The van der Waals surface area contributed by atoms with Crippen LogP contribution in [0.2, 0.25) is 0 Å². The Kier molecular flexibility index (Phi) is 5.90. The normalized spacial score (nSPS) is 17.9. The predicted octanol–water partition coefficient (Wildman–Crippen LogP) is 2.48. The van der Waals surface area contributed by atoms with Crippen molar-refractivity contribution in [3.8, 4) is 5.75 Å². The Morgan fingerprint density at radius 1 is 1.17 bits per heavy atom. The number of ether oxygens (including phenoxy) is 4. The van der Waals surface area contributed by atoms with Crippen molar-refractivity contribution in [2.24, 2.45) is 5.41 Å². The lowest BCUT2D eigenvalue weighted by Gasteiger charge is -2.47. The molecule has 1 heterocycles. The van der Waals surface area contributed by atoms with Crippen molar-refractivity contribution in [3.05, 3.63) is 52.1 Å². The maximum atomic E-state index is 13.0. The van der Waals surface area contributed by atoms with Crippen molar-refractivity contribution in [2.75, 3.05) is 40.8 Å². The van der Waals surface area contributed by atoms with Gasteiger partial charge in [-0.3, -0.25) is 4.79 Å². The number of methoxy groups -OCH3 is 2. The molecule has 0 aliphatic carbocycles. The first-order chi connectivity index (χ1) is 13.9. The van der Waals surface area contributed by atoms with Crippen LogP contribution in [0.15, 0.2) is 36.4 Å². The summed E-state index contributed by atoms with van der Waals surface area (Å²) in [5, 5.41) is 11.8. The summed E-state index contributed by atoms with van der Waals surface area (Å²) in [6.45, 7) is 1.40. The number of esters is 1. The zero-order valence-corrected chi connectivity index (χ0v) is 16.5. The summed E-state index contributed by atoms with van der Waals surface area (Å²) in [6.07, 6.45) is 0. The average Bonchev–Trinajstić information content (AvgIpc) is 2.76. The number of rotatable bonds is 7. The first kappa shape index (κ1) is 20.8. The summed E-state index contributed by atoms with van der Waals surface area (Å²) < 4.78 is 21.3. The fourth-order valence-electron chi connectivity index (χ4n) is 3.77. The number of hydrogen-bond acceptors (Lipinski definition) is 8. The molecular formula is C20H23NO8. The lowest BCUT2D eigenvalue weighted by atomic mass is 9.61. The number of fused-ring (bicyclic) bond motifs is 1. The van der Waals surface area contributed by atoms with Crippen LogP contribution in [0.3, 0.4) is 0 Å². The summed E-state index contributed by atoms with van der Waals surface area (Å²) in [5.74, 6) is 0.150. The second kappa shape index (κ2) is 8.22. The zero-order valence-electron chi connectivity index (χ0n) is 16.5. The van der Waals surface area contributed by atoms with Crippen LogP contribution in [0.4, 0.5) is 0 Å². The van der Waals surface area contributed by atoms with Crippen molar-refractivity contribution in [1.29, 1.82) is 0 Å². The second-order valence-corrected chi connectivity index (χ2v) is 7.14. The van der Waals surface area contributed by atoms with Gasteiger partial charge in [-0.15, -0.1) is 10.1 Å². The van der Waals surface area contributed by atoms with E-state index in [4.69, 9.17) is 23.8 Å². The van der Waals surface area contributed by atoms with E-state index in [1.807, 2.05) is 30.3 Å². The molecule has 2 aromatic rings. The Labute approximate surface area is 167 Å². The van der Waals surface area contributed by atoms with E-state index in [-0.39, 0.29) is 26.6 Å². The van der Waals surface area contributed by atoms with Crippen molar-refractivity contribution in [1.82, 2.24) is 0 Å². The van der Waals surface area contributed by atoms with Crippen LogP contribution in [0.25, 0.3) is 10.8 Å². The average molecular weight is 405 g/mol. The third-order valence-electron chi connectivity index (χ3n) is 5.65. The van der Waals surface area contributed by atoms with Crippen LogP contribution >= 0.6 is 0 Å².